The molecule has 1 heterocycles. The first-order chi connectivity index (χ1) is 22.8. The Morgan fingerprint density at radius 2 is 1.19 bits per heavy atom. The van der Waals surface area contributed by atoms with Crippen LogP contribution >= 0.6 is 0 Å². The lowest BCUT2D eigenvalue weighted by Crippen LogP contribution is -2.28. The van der Waals surface area contributed by atoms with E-state index in [2.05, 4.69) is 42.2 Å². The molecule has 1 aromatic heterocycles. The number of hydrogen-bond donors (Lipinski definition) is 0. The van der Waals surface area contributed by atoms with E-state index in [0.717, 1.165) is 42.1 Å². The fourth-order valence-electron chi connectivity index (χ4n) is 5.53. The molecule has 2 aromatic carbocycles. The van der Waals surface area contributed by atoms with Crippen LogP contribution in [-0.2, 0) is 15.9 Å². The molecule has 0 N–H and O–H groups in total. The summed E-state index contributed by atoms with van der Waals surface area (Å²) in [6, 6.07) is 20.1. The van der Waals surface area contributed by atoms with E-state index in [9.17, 15) is 18.0 Å². The summed E-state index contributed by atoms with van der Waals surface area (Å²) in [4.78, 5) is 17.1. The summed E-state index contributed by atoms with van der Waals surface area (Å²) in [6.07, 6.45) is 14.6. The number of alkyl halides is 3. The SMILES string of the molecule is CCCCCCCCCCCCCc1ccc(-c2ccc(-c3ccc(C(=O)OCCCCCCOC(C)C(F)(F)F)cc3)nc2)cc1. The maximum atomic E-state index is 12.4. The number of unbranched alkanes of at least 4 members (excludes halogenated alkanes) is 13. The summed E-state index contributed by atoms with van der Waals surface area (Å²) < 4.78 is 47.5. The Morgan fingerprint density at radius 3 is 1.77 bits per heavy atom. The molecule has 1 unspecified atom stereocenters. The van der Waals surface area contributed by atoms with Crippen molar-refractivity contribution >= 4 is 5.97 Å². The average molecular weight is 654 g/mol. The van der Waals surface area contributed by atoms with Crippen LogP contribution in [-0.4, -0.2) is 36.4 Å². The number of rotatable bonds is 23. The second-order valence-corrected chi connectivity index (χ2v) is 12.6. The summed E-state index contributed by atoms with van der Waals surface area (Å²) in [5.41, 5.74) is 5.81. The van der Waals surface area contributed by atoms with Gasteiger partial charge in [-0.25, -0.2) is 4.79 Å². The fourth-order valence-corrected chi connectivity index (χ4v) is 5.53. The third-order valence-electron chi connectivity index (χ3n) is 8.64. The van der Waals surface area contributed by atoms with Crippen molar-refractivity contribution in [3.63, 3.8) is 0 Å². The molecule has 4 nitrogen and oxygen atoms in total. The van der Waals surface area contributed by atoms with Gasteiger partial charge in [0.15, 0.2) is 6.10 Å². The van der Waals surface area contributed by atoms with E-state index in [1.165, 1.54) is 76.2 Å². The quantitative estimate of drug-likeness (QED) is 0.0755. The van der Waals surface area contributed by atoms with Gasteiger partial charge in [-0.05, 0) is 68.4 Å². The molecule has 0 bridgehead atoms. The van der Waals surface area contributed by atoms with Gasteiger partial charge in [0.05, 0.1) is 17.9 Å². The molecule has 3 aromatic rings. The van der Waals surface area contributed by atoms with Gasteiger partial charge in [0.1, 0.15) is 0 Å². The van der Waals surface area contributed by atoms with Gasteiger partial charge in [0.2, 0.25) is 0 Å². The summed E-state index contributed by atoms with van der Waals surface area (Å²) in [6.45, 7) is 3.62. The number of esters is 1. The molecule has 0 saturated carbocycles. The first-order valence-electron chi connectivity index (χ1n) is 17.8. The lowest BCUT2D eigenvalue weighted by atomic mass is 10.0. The van der Waals surface area contributed by atoms with Gasteiger partial charge in [0.25, 0.3) is 0 Å². The van der Waals surface area contributed by atoms with Gasteiger partial charge in [-0.2, -0.15) is 13.2 Å². The summed E-state index contributed by atoms with van der Waals surface area (Å²) in [5.74, 6) is -0.394. The van der Waals surface area contributed by atoms with E-state index in [0.29, 0.717) is 24.8 Å². The lowest BCUT2D eigenvalue weighted by molar-refractivity contribution is -0.214. The number of carbonyl (C=O) groups excluding carboxylic acids is 1. The monoisotopic (exact) mass is 653 g/mol. The molecular weight excluding hydrogens is 599 g/mol. The third-order valence-corrected chi connectivity index (χ3v) is 8.64. The molecule has 0 radical (unpaired) electrons. The molecule has 0 aliphatic rings. The van der Waals surface area contributed by atoms with Crippen molar-refractivity contribution in [2.45, 2.75) is 129 Å². The largest absolute Gasteiger partial charge is 0.462 e. The van der Waals surface area contributed by atoms with E-state index in [1.807, 2.05) is 24.4 Å². The summed E-state index contributed by atoms with van der Waals surface area (Å²) in [7, 11) is 0. The van der Waals surface area contributed by atoms with Gasteiger partial charge in [-0.15, -0.1) is 0 Å². The van der Waals surface area contributed by atoms with E-state index >= 15 is 0 Å². The molecule has 0 fully saturated rings. The van der Waals surface area contributed by atoms with Crippen molar-refractivity contribution in [3.05, 3.63) is 78.0 Å². The van der Waals surface area contributed by atoms with Crippen LogP contribution in [0.4, 0.5) is 13.2 Å². The Morgan fingerprint density at radius 1 is 0.660 bits per heavy atom. The van der Waals surface area contributed by atoms with E-state index in [-0.39, 0.29) is 13.2 Å². The Labute approximate surface area is 280 Å². The minimum atomic E-state index is -4.33. The Kier molecular flexibility index (Phi) is 17.6. The van der Waals surface area contributed by atoms with Gasteiger partial charge < -0.3 is 9.47 Å². The zero-order valence-electron chi connectivity index (χ0n) is 28.5. The molecule has 0 aliphatic carbocycles. The van der Waals surface area contributed by atoms with E-state index in [1.54, 1.807) is 12.1 Å². The first-order valence-corrected chi connectivity index (χ1v) is 17.8. The summed E-state index contributed by atoms with van der Waals surface area (Å²) >= 11 is 0. The smallest absolute Gasteiger partial charge is 0.414 e. The first kappa shape index (κ1) is 38.3. The van der Waals surface area contributed by atoms with Crippen molar-refractivity contribution in [1.29, 1.82) is 0 Å². The number of benzene rings is 2. The fraction of sp³-hybridized carbons (Fsp3) is 0.550. The number of aryl methyl sites for hydroxylation is 1. The minimum Gasteiger partial charge on any atom is -0.462 e. The van der Waals surface area contributed by atoms with Crippen LogP contribution in [0.5, 0.6) is 0 Å². The number of carbonyl (C=O) groups is 1. The Hall–Kier alpha value is -3.19. The van der Waals surface area contributed by atoms with Crippen LogP contribution in [0.2, 0.25) is 0 Å². The molecule has 0 aliphatic heterocycles. The highest BCUT2D eigenvalue weighted by Gasteiger charge is 2.36. The second kappa shape index (κ2) is 21.6. The lowest BCUT2D eigenvalue weighted by Gasteiger charge is -2.16. The molecule has 0 saturated heterocycles. The zero-order chi connectivity index (χ0) is 33.7. The van der Waals surface area contributed by atoms with Gasteiger partial charge in [-0.3, -0.25) is 4.98 Å². The molecule has 0 spiro atoms. The molecule has 7 heteroatoms. The number of aromatic nitrogens is 1. The number of hydrogen-bond acceptors (Lipinski definition) is 4. The molecule has 258 valence electrons. The predicted octanol–water partition coefficient (Wildman–Crippen LogP) is 12.0. The normalized spacial score (nSPS) is 12.3. The van der Waals surface area contributed by atoms with Crippen LogP contribution in [0.25, 0.3) is 22.4 Å². The van der Waals surface area contributed by atoms with Crippen LogP contribution in [0, 0.1) is 0 Å². The van der Waals surface area contributed by atoms with Crippen molar-refractivity contribution in [2.24, 2.45) is 0 Å². The van der Waals surface area contributed by atoms with Crippen molar-refractivity contribution in [1.82, 2.24) is 4.98 Å². The molecule has 0 amide bonds. The van der Waals surface area contributed by atoms with Crippen molar-refractivity contribution in [2.75, 3.05) is 13.2 Å². The van der Waals surface area contributed by atoms with Gasteiger partial charge >= 0.3 is 12.1 Å². The average Bonchev–Trinajstić information content (AvgIpc) is 3.08. The minimum absolute atomic E-state index is 0.0665. The highest BCUT2D eigenvalue weighted by atomic mass is 19.4. The van der Waals surface area contributed by atoms with E-state index in [4.69, 9.17) is 9.47 Å². The molecule has 1 atom stereocenters. The molecule has 47 heavy (non-hydrogen) atoms. The topological polar surface area (TPSA) is 48.4 Å². The molecule has 3 rings (SSSR count). The summed E-state index contributed by atoms with van der Waals surface area (Å²) in [5, 5.41) is 0. The van der Waals surface area contributed by atoms with Crippen LogP contribution in [0.15, 0.2) is 66.9 Å². The zero-order valence-corrected chi connectivity index (χ0v) is 28.5. The number of ether oxygens (including phenoxy) is 2. The maximum Gasteiger partial charge on any atom is 0.414 e. The standard InChI is InChI=1S/C40H54F3NO3/c1-3-4-5-6-7-8-9-10-11-12-15-18-33-19-21-34(22-20-33)37-27-28-38(44-31-37)35-23-25-36(26-24-35)39(45)47-30-17-14-13-16-29-46-32(2)40(41,42)43/h19-28,31-32H,3-18,29-30H2,1-2H3. The van der Waals surface area contributed by atoms with Crippen LogP contribution in [0.3, 0.4) is 0 Å². The number of pyridine rings is 1. The number of nitrogens with zero attached hydrogens (tertiary/aromatic N) is 1. The van der Waals surface area contributed by atoms with E-state index < -0.39 is 18.2 Å². The number of halogens is 3. The van der Waals surface area contributed by atoms with Gasteiger partial charge in [0, 0.05) is 23.9 Å². The maximum absolute atomic E-state index is 12.4. The second-order valence-electron chi connectivity index (χ2n) is 12.6. The van der Waals surface area contributed by atoms with Crippen molar-refractivity contribution < 1.29 is 27.4 Å². The Balaban J connectivity index is 1.31. The molecular formula is C40H54F3NO3. The highest BCUT2D eigenvalue weighted by Crippen LogP contribution is 2.25. The highest BCUT2D eigenvalue weighted by molar-refractivity contribution is 5.90. The van der Waals surface area contributed by atoms with Crippen molar-refractivity contribution in [3.8, 4) is 22.4 Å². The van der Waals surface area contributed by atoms with Gasteiger partial charge in [-0.1, -0.05) is 120 Å². The van der Waals surface area contributed by atoms with Crippen LogP contribution < -0.4 is 0 Å². The predicted molar refractivity (Wildman–Crippen MR) is 185 cm³/mol. The third kappa shape index (κ3) is 15.1. The van der Waals surface area contributed by atoms with Crippen LogP contribution in [0.1, 0.15) is 126 Å². The Bertz CT molecular complexity index is 1260.